The molecule has 2 heterocycles. The van der Waals surface area contributed by atoms with E-state index in [4.69, 9.17) is 21.8 Å². The van der Waals surface area contributed by atoms with Crippen LogP contribution in [0.25, 0.3) is 22.7 Å². The van der Waals surface area contributed by atoms with E-state index in [1.165, 1.54) is 0 Å². The van der Waals surface area contributed by atoms with Crippen molar-refractivity contribution in [1.82, 2.24) is 9.97 Å². The standard InChI is InChI=1S/C12H8ClN3O/c13-8-3-1-7(2-4-8)12-16-11-10(17-12)5-9(14)6-15-11/h1-6H,14H2. The summed E-state index contributed by atoms with van der Waals surface area (Å²) in [6.07, 6.45) is 1.55. The lowest BCUT2D eigenvalue weighted by Gasteiger charge is -1.93. The SMILES string of the molecule is Nc1cnc2nc(-c3ccc(Cl)cc3)oc2c1. The van der Waals surface area contributed by atoms with E-state index in [1.54, 1.807) is 24.4 Å². The number of nitrogens with two attached hydrogens (primary N) is 1. The van der Waals surface area contributed by atoms with Gasteiger partial charge in [-0.15, -0.1) is 0 Å². The molecule has 0 fully saturated rings. The summed E-state index contributed by atoms with van der Waals surface area (Å²) in [4.78, 5) is 8.37. The van der Waals surface area contributed by atoms with Crippen LogP contribution in [-0.4, -0.2) is 9.97 Å². The van der Waals surface area contributed by atoms with E-state index in [2.05, 4.69) is 9.97 Å². The van der Waals surface area contributed by atoms with Gasteiger partial charge in [-0.2, -0.15) is 4.98 Å². The minimum Gasteiger partial charge on any atom is -0.434 e. The first-order chi connectivity index (χ1) is 8.22. The molecule has 84 valence electrons. The molecule has 1 aromatic carbocycles. The van der Waals surface area contributed by atoms with Gasteiger partial charge in [0.15, 0.2) is 11.2 Å². The predicted octanol–water partition coefficient (Wildman–Crippen LogP) is 3.13. The summed E-state index contributed by atoms with van der Waals surface area (Å²) >= 11 is 5.82. The Balaban J connectivity index is 2.14. The molecular weight excluding hydrogens is 238 g/mol. The molecule has 0 radical (unpaired) electrons. The fraction of sp³-hybridized carbons (Fsp3) is 0. The lowest BCUT2D eigenvalue weighted by atomic mass is 10.2. The monoisotopic (exact) mass is 245 g/mol. The van der Waals surface area contributed by atoms with Gasteiger partial charge in [0.1, 0.15) is 0 Å². The molecule has 0 aliphatic rings. The Morgan fingerprint density at radius 3 is 2.71 bits per heavy atom. The Labute approximate surface area is 102 Å². The van der Waals surface area contributed by atoms with Crippen molar-refractivity contribution in [2.75, 3.05) is 5.73 Å². The number of rotatable bonds is 1. The number of halogens is 1. The van der Waals surface area contributed by atoms with Crippen LogP contribution < -0.4 is 5.73 Å². The van der Waals surface area contributed by atoms with Gasteiger partial charge in [-0.05, 0) is 24.3 Å². The second-order valence-corrected chi connectivity index (χ2v) is 4.05. The molecule has 5 heteroatoms. The van der Waals surface area contributed by atoms with Crippen LogP contribution >= 0.6 is 11.6 Å². The van der Waals surface area contributed by atoms with Gasteiger partial charge in [-0.25, -0.2) is 4.98 Å². The molecule has 0 unspecified atom stereocenters. The number of aromatic nitrogens is 2. The van der Waals surface area contributed by atoms with Crippen LogP contribution in [-0.2, 0) is 0 Å². The number of hydrogen-bond acceptors (Lipinski definition) is 4. The first kappa shape index (κ1) is 10.1. The van der Waals surface area contributed by atoms with E-state index in [-0.39, 0.29) is 0 Å². The molecule has 0 saturated carbocycles. The van der Waals surface area contributed by atoms with Crippen LogP contribution in [0.5, 0.6) is 0 Å². The highest BCUT2D eigenvalue weighted by Gasteiger charge is 2.08. The van der Waals surface area contributed by atoms with Crippen molar-refractivity contribution < 1.29 is 4.42 Å². The molecule has 0 aliphatic heterocycles. The first-order valence-corrected chi connectivity index (χ1v) is 5.38. The van der Waals surface area contributed by atoms with E-state index in [0.717, 1.165) is 5.56 Å². The van der Waals surface area contributed by atoms with Crippen molar-refractivity contribution in [2.24, 2.45) is 0 Å². The van der Waals surface area contributed by atoms with Gasteiger partial charge >= 0.3 is 0 Å². The minimum absolute atomic E-state index is 0.509. The number of hydrogen-bond donors (Lipinski definition) is 1. The van der Waals surface area contributed by atoms with Crippen LogP contribution in [0.15, 0.2) is 40.9 Å². The summed E-state index contributed by atoms with van der Waals surface area (Å²) in [6, 6.07) is 8.96. The zero-order chi connectivity index (χ0) is 11.8. The maximum atomic E-state index is 5.82. The molecule has 0 bridgehead atoms. The summed E-state index contributed by atoms with van der Waals surface area (Å²) in [7, 11) is 0. The average Bonchev–Trinajstić information content (AvgIpc) is 2.72. The van der Waals surface area contributed by atoms with Crippen molar-refractivity contribution in [1.29, 1.82) is 0 Å². The second-order valence-electron chi connectivity index (χ2n) is 3.62. The Morgan fingerprint density at radius 1 is 1.18 bits per heavy atom. The summed E-state index contributed by atoms with van der Waals surface area (Å²) in [5, 5.41) is 0.673. The van der Waals surface area contributed by atoms with E-state index in [1.807, 2.05) is 12.1 Å². The van der Waals surface area contributed by atoms with E-state index >= 15 is 0 Å². The second kappa shape index (κ2) is 3.75. The smallest absolute Gasteiger partial charge is 0.228 e. The van der Waals surface area contributed by atoms with Gasteiger partial charge in [0, 0.05) is 16.7 Å². The Morgan fingerprint density at radius 2 is 1.94 bits per heavy atom. The van der Waals surface area contributed by atoms with Gasteiger partial charge < -0.3 is 10.2 Å². The number of fused-ring (bicyclic) bond motifs is 1. The number of nitrogen functional groups attached to an aromatic ring is 1. The van der Waals surface area contributed by atoms with Crippen LogP contribution in [0.1, 0.15) is 0 Å². The average molecular weight is 246 g/mol. The Bertz CT molecular complexity index is 676. The van der Waals surface area contributed by atoms with E-state index in [0.29, 0.717) is 27.8 Å². The molecule has 3 aromatic rings. The quantitative estimate of drug-likeness (QED) is 0.715. The zero-order valence-corrected chi connectivity index (χ0v) is 9.48. The van der Waals surface area contributed by atoms with Gasteiger partial charge in [0.2, 0.25) is 5.89 Å². The van der Waals surface area contributed by atoms with Crippen LogP contribution in [0.2, 0.25) is 5.02 Å². The van der Waals surface area contributed by atoms with Crippen LogP contribution in [0.3, 0.4) is 0 Å². The fourth-order valence-corrected chi connectivity index (χ4v) is 1.68. The normalized spacial score (nSPS) is 10.9. The third kappa shape index (κ3) is 1.83. The van der Waals surface area contributed by atoms with Crippen molar-refractivity contribution in [2.45, 2.75) is 0 Å². The molecule has 0 atom stereocenters. The number of oxazole rings is 1. The molecule has 0 amide bonds. The Kier molecular flexibility index (Phi) is 2.23. The molecular formula is C12H8ClN3O. The summed E-state index contributed by atoms with van der Waals surface area (Å²) in [5.74, 6) is 0.509. The Hall–Kier alpha value is -2.07. The van der Waals surface area contributed by atoms with E-state index in [9.17, 15) is 0 Å². The molecule has 3 rings (SSSR count). The van der Waals surface area contributed by atoms with Crippen LogP contribution in [0, 0.1) is 0 Å². The summed E-state index contributed by atoms with van der Waals surface area (Å²) in [5.41, 5.74) is 8.15. The third-order valence-electron chi connectivity index (χ3n) is 2.36. The molecule has 0 aliphatic carbocycles. The lowest BCUT2D eigenvalue weighted by Crippen LogP contribution is -1.85. The van der Waals surface area contributed by atoms with Gasteiger partial charge in [0.25, 0.3) is 0 Å². The van der Waals surface area contributed by atoms with Gasteiger partial charge in [-0.3, -0.25) is 0 Å². The molecule has 2 N–H and O–H groups in total. The van der Waals surface area contributed by atoms with E-state index < -0.39 is 0 Å². The first-order valence-electron chi connectivity index (χ1n) is 5.00. The van der Waals surface area contributed by atoms with Crippen molar-refractivity contribution in [3.05, 3.63) is 41.6 Å². The summed E-state index contributed by atoms with van der Waals surface area (Å²) in [6.45, 7) is 0. The van der Waals surface area contributed by atoms with Crippen molar-refractivity contribution in [3.8, 4) is 11.5 Å². The maximum absolute atomic E-state index is 5.82. The predicted molar refractivity (Wildman–Crippen MR) is 66.7 cm³/mol. The number of anilines is 1. The number of pyridine rings is 1. The van der Waals surface area contributed by atoms with Gasteiger partial charge in [-0.1, -0.05) is 11.6 Å². The minimum atomic E-state index is 0.509. The number of nitrogens with zero attached hydrogens (tertiary/aromatic N) is 2. The highest BCUT2D eigenvalue weighted by atomic mass is 35.5. The largest absolute Gasteiger partial charge is 0.434 e. The lowest BCUT2D eigenvalue weighted by molar-refractivity contribution is 0.620. The van der Waals surface area contributed by atoms with Crippen LogP contribution in [0.4, 0.5) is 5.69 Å². The molecule has 2 aromatic heterocycles. The molecule has 17 heavy (non-hydrogen) atoms. The third-order valence-corrected chi connectivity index (χ3v) is 2.61. The zero-order valence-electron chi connectivity index (χ0n) is 8.72. The molecule has 4 nitrogen and oxygen atoms in total. The molecule has 0 saturated heterocycles. The fourth-order valence-electron chi connectivity index (χ4n) is 1.55. The highest BCUT2D eigenvalue weighted by Crippen LogP contribution is 2.25. The highest BCUT2D eigenvalue weighted by molar-refractivity contribution is 6.30. The van der Waals surface area contributed by atoms with Crippen molar-refractivity contribution >= 4 is 28.5 Å². The maximum Gasteiger partial charge on any atom is 0.228 e. The molecule has 0 spiro atoms. The van der Waals surface area contributed by atoms with Crippen molar-refractivity contribution in [3.63, 3.8) is 0 Å². The topological polar surface area (TPSA) is 64.9 Å². The van der Waals surface area contributed by atoms with Gasteiger partial charge in [0.05, 0.1) is 11.9 Å². The number of benzene rings is 1. The summed E-state index contributed by atoms with van der Waals surface area (Å²) < 4.78 is 5.58.